The van der Waals surface area contributed by atoms with Gasteiger partial charge in [-0.1, -0.05) is 6.08 Å². The number of imidazole rings is 1. The lowest BCUT2D eigenvalue weighted by molar-refractivity contribution is 0.562. The number of aryl methyl sites for hydroxylation is 1. The summed E-state index contributed by atoms with van der Waals surface area (Å²) in [4.78, 5) is 5.66. The van der Waals surface area contributed by atoms with E-state index in [1.807, 2.05) is 29.3 Å². The quantitative estimate of drug-likeness (QED) is 0.712. The molecule has 0 fully saturated rings. The van der Waals surface area contributed by atoms with Crippen LogP contribution in [0.2, 0.25) is 0 Å². The van der Waals surface area contributed by atoms with Crippen LogP contribution >= 0.6 is 11.3 Å². The van der Waals surface area contributed by atoms with Crippen molar-refractivity contribution in [1.29, 1.82) is 0 Å². The van der Waals surface area contributed by atoms with Crippen LogP contribution in [0.15, 0.2) is 36.6 Å². The second kappa shape index (κ2) is 5.83. The summed E-state index contributed by atoms with van der Waals surface area (Å²) in [5, 5.41) is 10.0. The van der Waals surface area contributed by atoms with Crippen LogP contribution in [-0.4, -0.2) is 19.2 Å². The largest absolute Gasteiger partial charge is 0.305 e. The average Bonchev–Trinajstić information content (AvgIpc) is 3.11. The van der Waals surface area contributed by atoms with Crippen LogP contribution in [0.25, 0.3) is 4.96 Å². The Labute approximate surface area is 127 Å². The lowest BCUT2D eigenvalue weighted by Crippen LogP contribution is -2.18. The van der Waals surface area contributed by atoms with Crippen molar-refractivity contribution in [2.45, 2.75) is 33.0 Å². The number of nitrogens with zero attached hydrogens (tertiary/aromatic N) is 4. The molecule has 0 aliphatic carbocycles. The van der Waals surface area contributed by atoms with Gasteiger partial charge in [-0.25, -0.2) is 4.98 Å². The Hall–Kier alpha value is -1.92. The highest BCUT2D eigenvalue weighted by Gasteiger charge is 2.12. The molecular weight excluding hydrogens is 282 g/mol. The van der Waals surface area contributed by atoms with Crippen molar-refractivity contribution < 1.29 is 0 Å². The highest BCUT2D eigenvalue weighted by Crippen LogP contribution is 2.17. The first-order chi connectivity index (χ1) is 10.2. The smallest absolute Gasteiger partial charge is 0.193 e. The Morgan fingerprint density at radius 3 is 3.10 bits per heavy atom. The summed E-state index contributed by atoms with van der Waals surface area (Å²) in [5.41, 5.74) is 3.34. The SMILES string of the molecule is C=CCn1cc(CNC(C)c2cn3ccsc3n2)c(C)n1. The number of allylic oxidation sites excluding steroid dienone is 1. The van der Waals surface area contributed by atoms with Gasteiger partial charge in [-0.3, -0.25) is 9.08 Å². The summed E-state index contributed by atoms with van der Waals surface area (Å²) in [6, 6.07) is 0.208. The van der Waals surface area contributed by atoms with Gasteiger partial charge in [0.15, 0.2) is 4.96 Å². The summed E-state index contributed by atoms with van der Waals surface area (Å²) in [6.07, 6.45) is 8.04. The van der Waals surface area contributed by atoms with E-state index in [9.17, 15) is 0 Å². The molecule has 0 aromatic carbocycles. The van der Waals surface area contributed by atoms with Crippen LogP contribution in [0.5, 0.6) is 0 Å². The number of hydrogen-bond acceptors (Lipinski definition) is 4. The summed E-state index contributed by atoms with van der Waals surface area (Å²) in [5.74, 6) is 0. The Balaban J connectivity index is 1.66. The minimum atomic E-state index is 0.208. The van der Waals surface area contributed by atoms with E-state index in [1.165, 1.54) is 5.56 Å². The molecule has 1 atom stereocenters. The van der Waals surface area contributed by atoms with E-state index >= 15 is 0 Å². The molecule has 0 saturated carbocycles. The van der Waals surface area contributed by atoms with E-state index in [4.69, 9.17) is 0 Å². The average molecular weight is 301 g/mol. The zero-order valence-electron chi connectivity index (χ0n) is 12.3. The molecule has 0 amide bonds. The normalized spacial score (nSPS) is 12.9. The topological polar surface area (TPSA) is 47.2 Å². The molecule has 0 bridgehead atoms. The van der Waals surface area contributed by atoms with E-state index in [0.717, 1.165) is 29.4 Å². The van der Waals surface area contributed by atoms with Gasteiger partial charge in [0.1, 0.15) is 0 Å². The fourth-order valence-corrected chi connectivity index (χ4v) is 2.99. The minimum absolute atomic E-state index is 0.208. The molecule has 3 aromatic rings. The van der Waals surface area contributed by atoms with Crippen molar-refractivity contribution in [2.75, 3.05) is 0 Å². The van der Waals surface area contributed by atoms with Crippen molar-refractivity contribution >= 4 is 16.3 Å². The molecule has 3 heterocycles. The molecular formula is C15H19N5S. The summed E-state index contributed by atoms with van der Waals surface area (Å²) >= 11 is 1.65. The molecule has 0 radical (unpaired) electrons. The monoisotopic (exact) mass is 301 g/mol. The van der Waals surface area contributed by atoms with Gasteiger partial charge in [0.25, 0.3) is 0 Å². The maximum Gasteiger partial charge on any atom is 0.193 e. The zero-order chi connectivity index (χ0) is 14.8. The lowest BCUT2D eigenvalue weighted by Gasteiger charge is -2.10. The second-order valence-corrected chi connectivity index (χ2v) is 5.98. The van der Waals surface area contributed by atoms with Gasteiger partial charge in [-0.2, -0.15) is 5.10 Å². The standard InChI is InChI=1S/C15H19N5S/c1-4-5-20-9-13(11(2)18-20)8-16-12(3)14-10-19-6-7-21-15(19)17-14/h4,6-7,9-10,12,16H,1,5,8H2,2-3H3. The molecule has 21 heavy (non-hydrogen) atoms. The van der Waals surface area contributed by atoms with E-state index in [0.29, 0.717) is 0 Å². The fourth-order valence-electron chi connectivity index (χ4n) is 2.28. The van der Waals surface area contributed by atoms with E-state index in [1.54, 1.807) is 11.3 Å². The summed E-state index contributed by atoms with van der Waals surface area (Å²) < 4.78 is 3.97. The zero-order valence-corrected chi connectivity index (χ0v) is 13.1. The third-order valence-electron chi connectivity index (χ3n) is 3.52. The van der Waals surface area contributed by atoms with Gasteiger partial charge >= 0.3 is 0 Å². The van der Waals surface area contributed by atoms with Gasteiger partial charge in [0, 0.05) is 42.1 Å². The number of rotatable bonds is 6. The molecule has 0 aliphatic heterocycles. The Kier molecular flexibility index (Phi) is 3.90. The molecule has 1 N–H and O–H groups in total. The van der Waals surface area contributed by atoms with E-state index in [-0.39, 0.29) is 6.04 Å². The highest BCUT2D eigenvalue weighted by molar-refractivity contribution is 7.15. The number of thiazole rings is 1. The van der Waals surface area contributed by atoms with Crippen molar-refractivity contribution in [3.8, 4) is 0 Å². The molecule has 0 saturated heterocycles. The molecule has 110 valence electrons. The van der Waals surface area contributed by atoms with Crippen molar-refractivity contribution in [3.05, 3.63) is 53.6 Å². The predicted molar refractivity (Wildman–Crippen MR) is 85.5 cm³/mol. The molecule has 3 aromatic heterocycles. The van der Waals surface area contributed by atoms with Crippen LogP contribution in [-0.2, 0) is 13.1 Å². The molecule has 0 spiro atoms. The first kappa shape index (κ1) is 14.0. The van der Waals surface area contributed by atoms with Crippen LogP contribution in [0, 0.1) is 6.92 Å². The molecule has 3 rings (SSSR count). The maximum absolute atomic E-state index is 4.63. The maximum atomic E-state index is 4.63. The first-order valence-corrected chi connectivity index (χ1v) is 7.84. The molecule has 6 heteroatoms. The number of nitrogens with one attached hydrogen (secondary N) is 1. The highest BCUT2D eigenvalue weighted by atomic mass is 32.1. The van der Waals surface area contributed by atoms with Crippen LogP contribution < -0.4 is 5.32 Å². The van der Waals surface area contributed by atoms with Crippen molar-refractivity contribution in [2.24, 2.45) is 0 Å². The molecule has 0 aliphatic rings. The van der Waals surface area contributed by atoms with E-state index < -0.39 is 0 Å². The van der Waals surface area contributed by atoms with Crippen LogP contribution in [0.3, 0.4) is 0 Å². The molecule has 5 nitrogen and oxygen atoms in total. The van der Waals surface area contributed by atoms with Gasteiger partial charge in [0.05, 0.1) is 17.9 Å². The Morgan fingerprint density at radius 2 is 2.33 bits per heavy atom. The van der Waals surface area contributed by atoms with Gasteiger partial charge in [-0.15, -0.1) is 17.9 Å². The Bertz CT molecular complexity index is 723. The second-order valence-electron chi connectivity index (χ2n) is 5.11. The van der Waals surface area contributed by atoms with Crippen molar-refractivity contribution in [1.82, 2.24) is 24.5 Å². The number of fused-ring (bicyclic) bond motifs is 1. The number of aromatic nitrogens is 4. The third-order valence-corrected chi connectivity index (χ3v) is 4.29. The Morgan fingerprint density at radius 1 is 1.48 bits per heavy atom. The summed E-state index contributed by atoms with van der Waals surface area (Å²) in [7, 11) is 0. The van der Waals surface area contributed by atoms with Gasteiger partial charge in [-0.05, 0) is 13.8 Å². The lowest BCUT2D eigenvalue weighted by atomic mass is 10.2. The predicted octanol–water partition coefficient (Wildman–Crippen LogP) is 2.94. The van der Waals surface area contributed by atoms with Crippen LogP contribution in [0.4, 0.5) is 0 Å². The first-order valence-electron chi connectivity index (χ1n) is 6.96. The van der Waals surface area contributed by atoms with Gasteiger partial charge < -0.3 is 5.32 Å². The fraction of sp³-hybridized carbons (Fsp3) is 0.333. The van der Waals surface area contributed by atoms with E-state index in [2.05, 4.69) is 45.7 Å². The van der Waals surface area contributed by atoms with Gasteiger partial charge in [0.2, 0.25) is 0 Å². The minimum Gasteiger partial charge on any atom is -0.305 e. The summed E-state index contributed by atoms with van der Waals surface area (Å²) in [6.45, 7) is 9.44. The molecule has 1 unspecified atom stereocenters. The third kappa shape index (κ3) is 2.91. The number of hydrogen-bond donors (Lipinski definition) is 1. The van der Waals surface area contributed by atoms with Crippen LogP contribution in [0.1, 0.15) is 29.9 Å². The van der Waals surface area contributed by atoms with Crippen molar-refractivity contribution in [3.63, 3.8) is 0 Å².